The van der Waals surface area contributed by atoms with Crippen LogP contribution in [-0.4, -0.2) is 28.0 Å². The first kappa shape index (κ1) is 28.3. The molecule has 212 valence electrons. The van der Waals surface area contributed by atoms with Crippen molar-refractivity contribution in [3.8, 4) is 5.75 Å². The van der Waals surface area contributed by atoms with Crippen LogP contribution in [0.2, 0.25) is 0 Å². The maximum atomic E-state index is 13.7. The Kier molecular flexibility index (Phi) is 7.89. The quantitative estimate of drug-likeness (QED) is 0.138. The molecular formula is C30H22FN3O7S. The van der Waals surface area contributed by atoms with E-state index in [9.17, 15) is 28.9 Å². The molecule has 5 rings (SSSR count). The Labute approximate surface area is 241 Å². The minimum absolute atomic E-state index is 0.0302. The van der Waals surface area contributed by atoms with Crippen molar-refractivity contribution in [1.82, 2.24) is 4.57 Å². The van der Waals surface area contributed by atoms with Gasteiger partial charge in [-0.3, -0.25) is 19.5 Å². The zero-order chi connectivity index (χ0) is 30.0. The highest BCUT2D eigenvalue weighted by molar-refractivity contribution is 7.07. The van der Waals surface area contributed by atoms with Crippen LogP contribution < -0.4 is 19.6 Å². The second-order valence-electron chi connectivity index (χ2n) is 9.12. The number of carbonyl (C=O) groups is 2. The van der Waals surface area contributed by atoms with Crippen LogP contribution in [0, 0.1) is 15.9 Å². The number of halogens is 1. The summed E-state index contributed by atoms with van der Waals surface area (Å²) in [7, 11) is 0. The lowest BCUT2D eigenvalue weighted by atomic mass is 9.96. The van der Waals surface area contributed by atoms with E-state index in [2.05, 4.69) is 4.99 Å². The first-order valence-electron chi connectivity index (χ1n) is 12.7. The van der Waals surface area contributed by atoms with Crippen molar-refractivity contribution >= 4 is 35.0 Å². The molecule has 0 saturated heterocycles. The number of fused-ring (bicyclic) bond motifs is 1. The van der Waals surface area contributed by atoms with Gasteiger partial charge in [-0.15, -0.1) is 0 Å². The molecule has 0 N–H and O–H groups in total. The van der Waals surface area contributed by atoms with Gasteiger partial charge in [0.05, 0.1) is 38.9 Å². The number of benzene rings is 3. The molecule has 3 aromatic carbocycles. The van der Waals surface area contributed by atoms with Crippen molar-refractivity contribution in [2.45, 2.75) is 19.9 Å². The molecule has 1 aliphatic rings. The number of ether oxygens (including phenoxy) is 2. The molecule has 12 heteroatoms. The number of thiazole rings is 1. The highest BCUT2D eigenvalue weighted by Gasteiger charge is 2.33. The van der Waals surface area contributed by atoms with Gasteiger partial charge < -0.3 is 9.47 Å². The van der Waals surface area contributed by atoms with Gasteiger partial charge in [0.2, 0.25) is 0 Å². The maximum Gasteiger partial charge on any atom is 0.343 e. The number of non-ortho nitro benzene ring substituents is 1. The fraction of sp³-hybridized carbons (Fsp3) is 0.133. The molecule has 0 radical (unpaired) electrons. The fourth-order valence-electron chi connectivity index (χ4n) is 4.45. The zero-order valence-electron chi connectivity index (χ0n) is 22.3. The van der Waals surface area contributed by atoms with Crippen molar-refractivity contribution < 1.29 is 28.4 Å². The minimum atomic E-state index is -0.862. The Morgan fingerprint density at radius 1 is 1.10 bits per heavy atom. The molecule has 0 spiro atoms. The van der Waals surface area contributed by atoms with Gasteiger partial charge in [0.1, 0.15) is 11.6 Å². The summed E-state index contributed by atoms with van der Waals surface area (Å²) in [6.07, 6.45) is 1.64. The Hall–Kier alpha value is -5.23. The second kappa shape index (κ2) is 11.7. The third kappa shape index (κ3) is 5.65. The molecule has 1 aliphatic heterocycles. The molecular weight excluding hydrogens is 565 g/mol. The van der Waals surface area contributed by atoms with E-state index in [0.29, 0.717) is 26.2 Å². The van der Waals surface area contributed by atoms with E-state index in [1.807, 2.05) is 0 Å². The molecule has 10 nitrogen and oxygen atoms in total. The number of allylic oxidation sites excluding steroid dienone is 1. The maximum absolute atomic E-state index is 13.7. The largest absolute Gasteiger partial charge is 0.463 e. The number of hydrogen-bond donors (Lipinski definition) is 0. The van der Waals surface area contributed by atoms with Gasteiger partial charge in [0.15, 0.2) is 4.80 Å². The molecule has 0 unspecified atom stereocenters. The zero-order valence-corrected chi connectivity index (χ0v) is 23.1. The molecule has 0 fully saturated rings. The van der Waals surface area contributed by atoms with E-state index in [-0.39, 0.29) is 29.2 Å². The van der Waals surface area contributed by atoms with Crippen LogP contribution in [0.25, 0.3) is 6.08 Å². The van der Waals surface area contributed by atoms with Crippen molar-refractivity contribution in [3.05, 3.63) is 136 Å². The van der Waals surface area contributed by atoms with Crippen LogP contribution >= 0.6 is 11.3 Å². The number of aromatic nitrogens is 1. The molecule has 4 aromatic rings. The Balaban J connectivity index is 1.48. The number of hydrogen-bond acceptors (Lipinski definition) is 9. The molecule has 42 heavy (non-hydrogen) atoms. The van der Waals surface area contributed by atoms with Crippen LogP contribution in [0.15, 0.2) is 93.9 Å². The van der Waals surface area contributed by atoms with Crippen LogP contribution in [0.5, 0.6) is 5.75 Å². The third-order valence-corrected chi connectivity index (χ3v) is 7.37. The van der Waals surface area contributed by atoms with Gasteiger partial charge in [-0.1, -0.05) is 41.7 Å². The van der Waals surface area contributed by atoms with Crippen molar-refractivity contribution in [2.75, 3.05) is 6.61 Å². The average Bonchev–Trinajstić information content (AvgIpc) is 3.27. The smallest absolute Gasteiger partial charge is 0.343 e. The van der Waals surface area contributed by atoms with E-state index >= 15 is 0 Å². The van der Waals surface area contributed by atoms with Gasteiger partial charge in [-0.2, -0.15) is 0 Å². The van der Waals surface area contributed by atoms with Gasteiger partial charge >= 0.3 is 11.9 Å². The summed E-state index contributed by atoms with van der Waals surface area (Å²) in [5.74, 6) is -1.62. The number of rotatable bonds is 7. The summed E-state index contributed by atoms with van der Waals surface area (Å²) in [5.41, 5.74) is 1.13. The second-order valence-corrected chi connectivity index (χ2v) is 10.1. The minimum Gasteiger partial charge on any atom is -0.463 e. The number of nitro groups is 1. The third-order valence-electron chi connectivity index (χ3n) is 6.38. The fourth-order valence-corrected chi connectivity index (χ4v) is 5.49. The van der Waals surface area contributed by atoms with Gasteiger partial charge in [0, 0.05) is 12.1 Å². The SMILES string of the molecule is CCOC(=O)C1=C(C)N=c2s/c(=C\c3ccc(OC(=O)c4cccc([N+](=O)[O-])c4)cc3)c(=O)n2[C@H]1c1ccc(F)cc1. The summed E-state index contributed by atoms with van der Waals surface area (Å²) >= 11 is 1.13. The first-order valence-corrected chi connectivity index (χ1v) is 13.5. The van der Waals surface area contributed by atoms with E-state index in [0.717, 1.165) is 17.4 Å². The molecule has 2 heterocycles. The lowest BCUT2D eigenvalue weighted by Gasteiger charge is -2.24. The lowest BCUT2D eigenvalue weighted by Crippen LogP contribution is -2.39. The Morgan fingerprint density at radius 3 is 2.48 bits per heavy atom. The number of nitrogens with zero attached hydrogens (tertiary/aromatic N) is 3. The molecule has 0 saturated carbocycles. The van der Waals surface area contributed by atoms with E-state index < -0.39 is 34.3 Å². The number of carbonyl (C=O) groups excluding carboxylic acids is 2. The summed E-state index contributed by atoms with van der Waals surface area (Å²) in [6.45, 7) is 3.47. The summed E-state index contributed by atoms with van der Waals surface area (Å²) < 4.78 is 26.0. The Bertz CT molecular complexity index is 1930. The molecule has 1 aromatic heterocycles. The average molecular weight is 588 g/mol. The Morgan fingerprint density at radius 2 is 1.81 bits per heavy atom. The molecule has 0 bridgehead atoms. The van der Waals surface area contributed by atoms with Gasteiger partial charge in [-0.25, -0.2) is 19.0 Å². The van der Waals surface area contributed by atoms with Crippen molar-refractivity contribution in [2.24, 2.45) is 4.99 Å². The topological polar surface area (TPSA) is 130 Å². The highest BCUT2D eigenvalue weighted by atomic mass is 32.1. The summed E-state index contributed by atoms with van der Waals surface area (Å²) in [6, 6.07) is 16.2. The van der Waals surface area contributed by atoms with Crippen LogP contribution in [0.1, 0.15) is 41.4 Å². The monoisotopic (exact) mass is 587 g/mol. The van der Waals surface area contributed by atoms with Crippen molar-refractivity contribution in [3.63, 3.8) is 0 Å². The predicted molar refractivity (Wildman–Crippen MR) is 151 cm³/mol. The van der Waals surface area contributed by atoms with E-state index in [1.54, 1.807) is 32.1 Å². The van der Waals surface area contributed by atoms with Gasteiger partial charge in [-0.05, 0) is 61.4 Å². The number of esters is 2. The highest BCUT2D eigenvalue weighted by Crippen LogP contribution is 2.30. The summed E-state index contributed by atoms with van der Waals surface area (Å²) in [4.78, 5) is 54.3. The van der Waals surface area contributed by atoms with E-state index in [4.69, 9.17) is 9.47 Å². The van der Waals surface area contributed by atoms with Crippen LogP contribution in [-0.2, 0) is 9.53 Å². The lowest BCUT2D eigenvalue weighted by molar-refractivity contribution is -0.384. The predicted octanol–water partition coefficient (Wildman–Crippen LogP) is 4.06. The molecule has 1 atom stereocenters. The summed E-state index contributed by atoms with van der Waals surface area (Å²) in [5, 5.41) is 11.0. The molecule has 0 aliphatic carbocycles. The standard InChI is InChI=1S/C30H22FN3O7S/c1-3-40-29(37)25-17(2)32-30-33(26(25)19-9-11-21(31)12-10-19)27(35)24(42-30)15-18-7-13-23(14-8-18)41-28(36)20-5-4-6-22(16-20)34(38)39/h4-16,26H,3H2,1-2H3/b24-15-/t26-/m0/s1. The first-order chi connectivity index (χ1) is 20.2. The van der Waals surface area contributed by atoms with Gasteiger partial charge in [0.25, 0.3) is 11.2 Å². The van der Waals surface area contributed by atoms with Crippen molar-refractivity contribution in [1.29, 1.82) is 0 Å². The van der Waals surface area contributed by atoms with Crippen LogP contribution in [0.3, 0.4) is 0 Å². The normalized spacial score (nSPS) is 14.6. The number of nitro benzene ring substituents is 1. The molecule has 0 amide bonds. The van der Waals surface area contributed by atoms with Crippen LogP contribution in [0.4, 0.5) is 10.1 Å². The van der Waals surface area contributed by atoms with E-state index in [1.165, 1.54) is 59.2 Å².